The molecule has 0 unspecified atom stereocenters. The van der Waals surface area contributed by atoms with Gasteiger partial charge in [-0.1, -0.05) is 12.1 Å². The molecule has 1 aromatic rings. The first-order valence-electron chi connectivity index (χ1n) is 5.69. The maximum absolute atomic E-state index is 12.1. The van der Waals surface area contributed by atoms with Crippen LogP contribution in [-0.4, -0.2) is 38.4 Å². The van der Waals surface area contributed by atoms with Crippen LogP contribution in [0.25, 0.3) is 0 Å². The SMILES string of the molecule is CN=NCCN(C)Cc1cccc(OC(F)(F)F)c1. The molecular formula is C12H16F3N3O. The maximum Gasteiger partial charge on any atom is 0.573 e. The molecule has 0 atom stereocenters. The van der Waals surface area contributed by atoms with Gasteiger partial charge in [-0.3, -0.25) is 0 Å². The first-order chi connectivity index (χ1) is 8.90. The molecule has 106 valence electrons. The molecule has 0 aliphatic heterocycles. The Kier molecular flexibility index (Phi) is 5.75. The van der Waals surface area contributed by atoms with Gasteiger partial charge in [-0.15, -0.1) is 13.2 Å². The van der Waals surface area contributed by atoms with E-state index in [1.807, 2.05) is 11.9 Å². The number of nitrogens with zero attached hydrogens (tertiary/aromatic N) is 3. The second-order valence-corrected chi connectivity index (χ2v) is 4.00. The molecule has 4 nitrogen and oxygen atoms in total. The lowest BCUT2D eigenvalue weighted by Gasteiger charge is -2.16. The first kappa shape index (κ1) is 15.4. The fourth-order valence-electron chi connectivity index (χ4n) is 1.55. The third-order valence-corrected chi connectivity index (χ3v) is 2.31. The summed E-state index contributed by atoms with van der Waals surface area (Å²) in [6, 6.07) is 5.95. The molecule has 0 aliphatic carbocycles. The van der Waals surface area contributed by atoms with Crippen molar-refractivity contribution in [3.63, 3.8) is 0 Å². The monoisotopic (exact) mass is 275 g/mol. The van der Waals surface area contributed by atoms with Crippen LogP contribution in [0.2, 0.25) is 0 Å². The number of benzene rings is 1. The van der Waals surface area contributed by atoms with E-state index in [1.54, 1.807) is 13.1 Å². The molecule has 1 aromatic carbocycles. The van der Waals surface area contributed by atoms with Crippen LogP contribution in [0.5, 0.6) is 5.75 Å². The molecule has 0 amide bonds. The summed E-state index contributed by atoms with van der Waals surface area (Å²) in [6.45, 7) is 1.77. The first-order valence-corrected chi connectivity index (χ1v) is 5.69. The van der Waals surface area contributed by atoms with Gasteiger partial charge in [-0.2, -0.15) is 10.2 Å². The zero-order chi connectivity index (χ0) is 14.3. The van der Waals surface area contributed by atoms with Gasteiger partial charge in [0, 0.05) is 20.1 Å². The molecule has 0 aliphatic rings. The molecule has 0 N–H and O–H groups in total. The zero-order valence-electron chi connectivity index (χ0n) is 10.8. The van der Waals surface area contributed by atoms with Gasteiger partial charge >= 0.3 is 6.36 Å². The molecular weight excluding hydrogens is 259 g/mol. The molecule has 0 bridgehead atoms. The van der Waals surface area contributed by atoms with Crippen molar-refractivity contribution in [2.45, 2.75) is 12.9 Å². The molecule has 19 heavy (non-hydrogen) atoms. The Morgan fingerprint density at radius 2 is 2.05 bits per heavy atom. The average Bonchev–Trinajstić information content (AvgIpc) is 2.27. The highest BCUT2D eigenvalue weighted by Gasteiger charge is 2.31. The molecule has 0 spiro atoms. The van der Waals surface area contributed by atoms with Gasteiger partial charge in [0.15, 0.2) is 0 Å². The van der Waals surface area contributed by atoms with Gasteiger partial charge in [-0.25, -0.2) is 0 Å². The fourth-order valence-corrected chi connectivity index (χ4v) is 1.55. The van der Waals surface area contributed by atoms with Crippen molar-refractivity contribution in [2.75, 3.05) is 27.2 Å². The Bertz CT molecular complexity index is 421. The second-order valence-electron chi connectivity index (χ2n) is 4.00. The Morgan fingerprint density at radius 3 is 2.68 bits per heavy atom. The van der Waals surface area contributed by atoms with Gasteiger partial charge in [0.05, 0.1) is 6.54 Å². The van der Waals surface area contributed by atoms with Crippen molar-refractivity contribution in [2.24, 2.45) is 10.2 Å². The van der Waals surface area contributed by atoms with Crippen LogP contribution in [0.3, 0.4) is 0 Å². The van der Waals surface area contributed by atoms with E-state index in [0.29, 0.717) is 19.6 Å². The summed E-state index contributed by atoms with van der Waals surface area (Å²) in [7, 11) is 3.46. The largest absolute Gasteiger partial charge is 0.573 e. The number of likely N-dealkylation sites (N-methyl/N-ethyl adjacent to an activating group) is 1. The van der Waals surface area contributed by atoms with Crippen LogP contribution < -0.4 is 4.74 Å². The summed E-state index contributed by atoms with van der Waals surface area (Å²) in [5.41, 5.74) is 0.748. The summed E-state index contributed by atoms with van der Waals surface area (Å²) in [6.07, 6.45) is -4.66. The van der Waals surface area contributed by atoms with Crippen molar-refractivity contribution < 1.29 is 17.9 Å². The molecule has 1 rings (SSSR count). The number of hydrogen-bond acceptors (Lipinski definition) is 4. The summed E-state index contributed by atoms with van der Waals surface area (Å²) in [5, 5.41) is 7.45. The van der Waals surface area contributed by atoms with E-state index in [-0.39, 0.29) is 5.75 Å². The van der Waals surface area contributed by atoms with Crippen LogP contribution in [0.1, 0.15) is 5.56 Å². The zero-order valence-corrected chi connectivity index (χ0v) is 10.8. The van der Waals surface area contributed by atoms with Gasteiger partial charge in [0.2, 0.25) is 0 Å². The number of alkyl halides is 3. The number of halogens is 3. The van der Waals surface area contributed by atoms with E-state index in [1.165, 1.54) is 18.2 Å². The standard InChI is InChI=1S/C12H16F3N3O/c1-16-17-6-7-18(2)9-10-4-3-5-11(8-10)19-12(13,14)15/h3-5,8H,6-7,9H2,1-2H3. The van der Waals surface area contributed by atoms with Crippen molar-refractivity contribution in [1.29, 1.82) is 0 Å². The highest BCUT2D eigenvalue weighted by atomic mass is 19.4. The third kappa shape index (κ3) is 6.76. The minimum Gasteiger partial charge on any atom is -0.406 e. The number of hydrogen-bond donors (Lipinski definition) is 0. The van der Waals surface area contributed by atoms with Gasteiger partial charge in [0.1, 0.15) is 5.75 Å². The fraction of sp³-hybridized carbons (Fsp3) is 0.500. The predicted molar refractivity (Wildman–Crippen MR) is 65.1 cm³/mol. The van der Waals surface area contributed by atoms with Crippen molar-refractivity contribution in [1.82, 2.24) is 4.90 Å². The summed E-state index contributed by atoms with van der Waals surface area (Å²) >= 11 is 0. The molecule has 0 fully saturated rings. The van der Waals surface area contributed by atoms with E-state index in [0.717, 1.165) is 5.56 Å². The predicted octanol–water partition coefficient (Wildman–Crippen LogP) is 3.10. The Morgan fingerprint density at radius 1 is 1.32 bits per heavy atom. The molecule has 0 heterocycles. The van der Waals surface area contributed by atoms with E-state index in [2.05, 4.69) is 15.0 Å². The maximum atomic E-state index is 12.1. The van der Waals surface area contributed by atoms with E-state index in [4.69, 9.17) is 0 Å². The summed E-state index contributed by atoms with van der Waals surface area (Å²) in [4.78, 5) is 1.95. The summed E-state index contributed by atoms with van der Waals surface area (Å²) < 4.78 is 40.1. The Balaban J connectivity index is 2.56. The normalized spacial score (nSPS) is 12.3. The van der Waals surface area contributed by atoms with E-state index in [9.17, 15) is 13.2 Å². The second kappa shape index (κ2) is 7.08. The lowest BCUT2D eigenvalue weighted by Crippen LogP contribution is -2.21. The smallest absolute Gasteiger partial charge is 0.406 e. The highest BCUT2D eigenvalue weighted by molar-refractivity contribution is 5.28. The van der Waals surface area contributed by atoms with E-state index < -0.39 is 6.36 Å². The van der Waals surface area contributed by atoms with Gasteiger partial charge in [0.25, 0.3) is 0 Å². The minimum atomic E-state index is -4.66. The van der Waals surface area contributed by atoms with Crippen LogP contribution >= 0.6 is 0 Å². The Hall–Kier alpha value is -1.63. The van der Waals surface area contributed by atoms with Crippen LogP contribution in [0.4, 0.5) is 13.2 Å². The quantitative estimate of drug-likeness (QED) is 0.748. The third-order valence-electron chi connectivity index (χ3n) is 2.31. The van der Waals surface area contributed by atoms with Crippen LogP contribution in [0, 0.1) is 0 Å². The lowest BCUT2D eigenvalue weighted by molar-refractivity contribution is -0.274. The Labute approximate surface area is 109 Å². The van der Waals surface area contributed by atoms with Crippen molar-refractivity contribution in [3.05, 3.63) is 29.8 Å². The van der Waals surface area contributed by atoms with Gasteiger partial charge < -0.3 is 9.64 Å². The molecule has 0 aromatic heterocycles. The van der Waals surface area contributed by atoms with Crippen LogP contribution in [-0.2, 0) is 6.54 Å². The van der Waals surface area contributed by atoms with E-state index >= 15 is 0 Å². The van der Waals surface area contributed by atoms with Gasteiger partial charge in [-0.05, 0) is 24.7 Å². The summed E-state index contributed by atoms with van der Waals surface area (Å²) in [5.74, 6) is -0.202. The minimum absolute atomic E-state index is 0.202. The van der Waals surface area contributed by atoms with Crippen molar-refractivity contribution >= 4 is 0 Å². The number of azo groups is 1. The molecule has 7 heteroatoms. The topological polar surface area (TPSA) is 37.2 Å². The number of rotatable bonds is 6. The molecule has 0 saturated heterocycles. The lowest BCUT2D eigenvalue weighted by atomic mass is 10.2. The highest BCUT2D eigenvalue weighted by Crippen LogP contribution is 2.23. The average molecular weight is 275 g/mol. The van der Waals surface area contributed by atoms with Crippen LogP contribution in [0.15, 0.2) is 34.5 Å². The molecule has 0 radical (unpaired) electrons. The van der Waals surface area contributed by atoms with Crippen molar-refractivity contribution in [3.8, 4) is 5.75 Å². The molecule has 0 saturated carbocycles. The number of ether oxygens (including phenoxy) is 1.